The second-order valence-electron chi connectivity index (χ2n) is 14.7. The van der Waals surface area contributed by atoms with E-state index in [1.807, 2.05) is 12.1 Å². The normalized spacial score (nSPS) is 26.5. The number of carbonyl (C=O) groups excluding carboxylic acids is 1. The summed E-state index contributed by atoms with van der Waals surface area (Å²) in [7, 11) is -9.40. The Morgan fingerprint density at radius 2 is 1.67 bits per heavy atom. The number of fused-ring (bicyclic) bond motifs is 2. The van der Waals surface area contributed by atoms with Crippen LogP contribution in [0.4, 0.5) is 10.2 Å². The minimum atomic E-state index is -4.75. The van der Waals surface area contributed by atoms with E-state index in [4.69, 9.17) is 27.6 Å². The lowest BCUT2D eigenvalue weighted by molar-refractivity contribution is -0.0400. The molecule has 25 heteroatoms. The van der Waals surface area contributed by atoms with Crippen molar-refractivity contribution in [2.24, 2.45) is 0 Å². The van der Waals surface area contributed by atoms with Gasteiger partial charge in [0.05, 0.1) is 77.0 Å². The number of amides is 1. The van der Waals surface area contributed by atoms with Gasteiger partial charge in [-0.15, -0.1) is 6.58 Å². The van der Waals surface area contributed by atoms with Crippen molar-refractivity contribution in [3.63, 3.8) is 0 Å². The summed E-state index contributed by atoms with van der Waals surface area (Å²) in [5, 5.41) is 28.0. The van der Waals surface area contributed by atoms with E-state index >= 15 is 13.5 Å². The molecule has 1 amide bonds. The Morgan fingerprint density at radius 3 is 2.37 bits per heavy atom. The third-order valence-corrected chi connectivity index (χ3v) is 16.5. The second-order valence-corrected chi connectivity index (χ2v) is 19.8. The molecule has 22 nitrogen and oxygen atoms in total. The number of ether oxygens (including phenoxy) is 2. The highest BCUT2D eigenvalue weighted by molar-refractivity contribution is 7.56. The lowest BCUT2D eigenvalue weighted by atomic mass is 10.0. The van der Waals surface area contributed by atoms with Gasteiger partial charge in [-0.2, -0.15) is 10.5 Å². The van der Waals surface area contributed by atoms with E-state index in [1.54, 1.807) is 30.3 Å². The van der Waals surface area contributed by atoms with Crippen molar-refractivity contribution in [2.45, 2.75) is 74.3 Å². The van der Waals surface area contributed by atoms with Gasteiger partial charge in [-0.1, -0.05) is 24.3 Å². The molecule has 4 aromatic heterocycles. The second kappa shape index (κ2) is 18.6. The summed E-state index contributed by atoms with van der Waals surface area (Å²) < 4.78 is 86.9. The maximum atomic E-state index is 17.7. The van der Waals surface area contributed by atoms with Gasteiger partial charge in [-0.05, 0) is 26.0 Å². The predicted molar refractivity (Wildman–Crippen MR) is 219 cm³/mol. The number of nitrogens with zero attached hydrogens (tertiary/aromatic N) is 9. The first kappa shape index (κ1) is 45.4. The van der Waals surface area contributed by atoms with Crippen LogP contribution in [0.3, 0.4) is 0 Å². The van der Waals surface area contributed by atoms with Gasteiger partial charge < -0.3 is 43.0 Å². The van der Waals surface area contributed by atoms with E-state index in [1.165, 1.54) is 48.0 Å². The first-order valence-corrected chi connectivity index (χ1v) is 22.5. The molecule has 0 bridgehead atoms. The van der Waals surface area contributed by atoms with Crippen molar-refractivity contribution < 1.29 is 51.0 Å². The maximum absolute atomic E-state index is 17.7. The number of rotatable bonds is 19. The maximum Gasteiger partial charge on any atom is 0.342 e. The average Bonchev–Trinajstić information content (AvgIpc) is 4.06. The molecule has 3 N–H and O–H groups in total. The highest BCUT2D eigenvalue weighted by atomic mass is 31.2. The Balaban J connectivity index is 1.26. The van der Waals surface area contributed by atoms with Gasteiger partial charge in [0, 0.05) is 12.0 Å². The van der Waals surface area contributed by atoms with Crippen LogP contribution in [0.15, 0.2) is 73.1 Å². The first-order chi connectivity index (χ1) is 30.3. The number of benzene rings is 1. The van der Waals surface area contributed by atoms with Crippen LogP contribution in [0, 0.1) is 22.7 Å². The van der Waals surface area contributed by atoms with Crippen molar-refractivity contribution >= 4 is 49.2 Å². The topological polar surface area (TPSA) is 294 Å². The summed E-state index contributed by atoms with van der Waals surface area (Å²) in [6.45, 7) is 3.57. The van der Waals surface area contributed by atoms with Gasteiger partial charge >= 0.3 is 15.2 Å². The molecule has 2 fully saturated rings. The smallest absolute Gasteiger partial charge is 0.342 e. The lowest BCUT2D eigenvalue weighted by Crippen LogP contribution is -2.46. The van der Waals surface area contributed by atoms with Crippen LogP contribution in [-0.4, -0.2) is 112 Å². The summed E-state index contributed by atoms with van der Waals surface area (Å²) >= 11 is 0. The Labute approximate surface area is 358 Å². The van der Waals surface area contributed by atoms with Crippen LogP contribution >= 0.6 is 15.2 Å². The molecule has 7 rings (SSSR count). The number of anilines is 1. The molecule has 5 aromatic rings. The fourth-order valence-corrected chi connectivity index (χ4v) is 11.9. The third-order valence-electron chi connectivity index (χ3n) is 11.0. The fourth-order valence-electron chi connectivity index (χ4n) is 7.50. The SMILES string of the molecule is C=CCOP(=O)(OCCC#N)[C@@]1(C)C(COP(=O)(OCCC#N)[C@]2(C)CC(n3cnc4c(=O)[nH]cnc43)OC2CO)OC(n2cnc3c(NC(=O)c4ccccc4)ncnc32)[C@@H]1F. The number of aromatic amines is 1. The van der Waals surface area contributed by atoms with Crippen molar-refractivity contribution in [1.29, 1.82) is 10.5 Å². The minimum Gasteiger partial charge on any atom is -0.394 e. The number of aromatic nitrogens is 8. The average molecular weight is 910 g/mol. The molecule has 6 heterocycles. The molecular weight excluding hydrogens is 867 g/mol. The number of imidazole rings is 2. The number of hydrogen-bond donors (Lipinski definition) is 3. The molecule has 0 saturated carbocycles. The Kier molecular flexibility index (Phi) is 13.4. The Hall–Kier alpha value is -5.58. The van der Waals surface area contributed by atoms with E-state index in [0.29, 0.717) is 5.56 Å². The highest BCUT2D eigenvalue weighted by Crippen LogP contribution is 2.70. The van der Waals surface area contributed by atoms with Crippen LogP contribution in [0.2, 0.25) is 0 Å². The predicted octanol–water partition coefficient (Wildman–Crippen LogP) is 4.71. The number of carbonyl (C=O) groups is 1. The molecule has 9 atom stereocenters. The third kappa shape index (κ3) is 8.24. The molecular formula is C38H42FN11O11P2. The summed E-state index contributed by atoms with van der Waals surface area (Å²) in [5.74, 6) is -0.512. The number of alkyl halides is 1. The molecule has 2 aliphatic rings. The number of aliphatic hydroxyl groups excluding tert-OH is 1. The number of aliphatic hydroxyl groups is 1. The molecule has 6 unspecified atom stereocenters. The van der Waals surface area contributed by atoms with Gasteiger partial charge in [-0.25, -0.2) is 29.3 Å². The number of hydrogen-bond acceptors (Lipinski definition) is 18. The monoisotopic (exact) mass is 909 g/mol. The lowest BCUT2D eigenvalue weighted by Gasteiger charge is -2.39. The number of H-pyrrole nitrogens is 1. The summed E-state index contributed by atoms with van der Waals surface area (Å²) in [6.07, 6.45) is -2.54. The van der Waals surface area contributed by atoms with Gasteiger partial charge in [0.15, 0.2) is 40.5 Å². The minimum absolute atomic E-state index is 0.00127. The molecule has 1 aromatic carbocycles. The van der Waals surface area contributed by atoms with Gasteiger partial charge in [0.25, 0.3) is 11.5 Å². The molecule has 0 aliphatic carbocycles. The quantitative estimate of drug-likeness (QED) is 0.0574. The molecule has 2 saturated heterocycles. The molecule has 2 aliphatic heterocycles. The summed E-state index contributed by atoms with van der Waals surface area (Å²) in [5.41, 5.74) is -0.00960. The van der Waals surface area contributed by atoms with E-state index in [0.717, 1.165) is 6.33 Å². The zero-order chi connectivity index (χ0) is 45.0. The summed E-state index contributed by atoms with van der Waals surface area (Å²) in [6, 6.07) is 12.1. The molecule has 332 valence electrons. The summed E-state index contributed by atoms with van der Waals surface area (Å²) in [4.78, 5) is 49.1. The standard InChI is InChI=1S/C38H42FN11O11P2/c1-4-14-56-63(55,58-16-9-13-41)38(3)26(61-36(30(38)39)50-23-46-28-31(42-20-43-32(28)50)48-34(52)24-10-6-5-7-11-24)19-59-62(54,57-15-8-12-40)37(2)17-27(60-25(37)18-51)49-22-47-29-33(49)44-21-45-35(29)53/h4-7,10-11,20-23,25-27,30,36,51H,1,8-9,14-19H2,2-3H3,(H,44,45,53)(H,42,43,48,52)/t25?,26?,27?,30-,36?,37+,38-,62?,63?/m0/s1. The number of halogens is 1. The van der Waals surface area contributed by atoms with Crippen LogP contribution in [0.5, 0.6) is 0 Å². The number of nitriles is 2. The van der Waals surface area contributed by atoms with Crippen molar-refractivity contribution in [1.82, 2.24) is 39.0 Å². The highest BCUT2D eigenvalue weighted by Gasteiger charge is 2.68. The van der Waals surface area contributed by atoms with Crippen LogP contribution in [0.25, 0.3) is 22.3 Å². The molecule has 0 spiro atoms. The van der Waals surface area contributed by atoms with Crippen molar-refractivity contribution in [2.75, 3.05) is 38.4 Å². The molecule has 63 heavy (non-hydrogen) atoms. The van der Waals surface area contributed by atoms with E-state index in [9.17, 15) is 25.2 Å². The number of nitrogens with one attached hydrogen (secondary N) is 2. The van der Waals surface area contributed by atoms with Crippen LogP contribution in [-0.2, 0) is 36.7 Å². The van der Waals surface area contributed by atoms with Crippen LogP contribution in [0.1, 0.15) is 55.9 Å². The van der Waals surface area contributed by atoms with Crippen LogP contribution < -0.4 is 10.9 Å². The zero-order valence-corrected chi connectivity index (χ0v) is 35.6. The van der Waals surface area contributed by atoms with Crippen molar-refractivity contribution in [3.8, 4) is 12.1 Å². The van der Waals surface area contributed by atoms with Gasteiger partial charge in [-0.3, -0.25) is 27.9 Å². The van der Waals surface area contributed by atoms with E-state index in [2.05, 4.69) is 41.8 Å². The Bertz CT molecular complexity index is 2720. The van der Waals surface area contributed by atoms with E-state index < -0.39 is 94.2 Å². The Morgan fingerprint density at radius 1 is 0.984 bits per heavy atom. The van der Waals surface area contributed by atoms with Gasteiger partial charge in [0.2, 0.25) is 0 Å². The van der Waals surface area contributed by atoms with Crippen molar-refractivity contribution in [3.05, 3.63) is 84.2 Å². The van der Waals surface area contributed by atoms with E-state index in [-0.39, 0.29) is 54.0 Å². The zero-order valence-electron chi connectivity index (χ0n) is 33.9. The fraction of sp³-hybridized carbons (Fsp3) is 0.447. The molecule has 0 radical (unpaired) electrons. The van der Waals surface area contributed by atoms with Gasteiger partial charge in [0.1, 0.15) is 35.1 Å². The largest absolute Gasteiger partial charge is 0.394 e. The first-order valence-electron chi connectivity index (χ1n) is 19.4.